The molecule has 0 aliphatic carbocycles. The molecule has 1 aromatic heterocycles. The molecule has 0 N–H and O–H groups in total. The first-order valence-corrected chi connectivity index (χ1v) is 7.08. The van der Waals surface area contributed by atoms with Crippen LogP contribution in [0.5, 0.6) is 0 Å². The van der Waals surface area contributed by atoms with Crippen LogP contribution >= 0.6 is 46.3 Å². The average molecular weight is 263 g/mol. The maximum absolute atomic E-state index is 6.23. The Morgan fingerprint density at radius 3 is 2.93 bits per heavy atom. The van der Waals surface area contributed by atoms with Crippen molar-refractivity contribution in [1.29, 1.82) is 0 Å². The summed E-state index contributed by atoms with van der Waals surface area (Å²) in [4.78, 5) is 1.25. The summed E-state index contributed by atoms with van der Waals surface area (Å²) in [5, 5.41) is 4.11. The molecule has 2 aromatic rings. The zero-order valence-corrected chi connectivity index (χ0v) is 10.7. The van der Waals surface area contributed by atoms with E-state index >= 15 is 0 Å². The fourth-order valence-electron chi connectivity index (χ4n) is 1.38. The molecule has 0 aliphatic rings. The Labute approximate surface area is 101 Å². The highest BCUT2D eigenvalue weighted by atomic mass is 35.5. The summed E-state index contributed by atoms with van der Waals surface area (Å²) >= 11 is 15.5. The van der Waals surface area contributed by atoms with Gasteiger partial charge in [0.25, 0.3) is 0 Å². The molecule has 0 amide bonds. The van der Waals surface area contributed by atoms with Gasteiger partial charge in [0.05, 0.1) is 9.72 Å². The van der Waals surface area contributed by atoms with Crippen LogP contribution in [0.2, 0.25) is 5.02 Å². The molecule has 0 saturated heterocycles. The molecular weight excluding hydrogens is 255 g/mol. The molecule has 1 heterocycles. The minimum atomic E-state index is 0.472. The van der Waals surface area contributed by atoms with Crippen molar-refractivity contribution in [3.63, 3.8) is 0 Å². The Kier molecular flexibility index (Phi) is 3.27. The first-order chi connectivity index (χ1) is 6.77. The van der Waals surface area contributed by atoms with Crippen molar-refractivity contribution in [1.82, 2.24) is 0 Å². The lowest BCUT2D eigenvalue weighted by molar-refractivity contribution is 1.37. The van der Waals surface area contributed by atoms with Crippen molar-refractivity contribution in [3.05, 3.63) is 28.1 Å². The second kappa shape index (κ2) is 4.31. The largest absolute Gasteiger partial charge is 0.142 e. The third-order valence-corrected chi connectivity index (χ3v) is 4.62. The molecule has 1 aromatic carbocycles. The molecule has 74 valence electrons. The number of alkyl halides is 1. The van der Waals surface area contributed by atoms with E-state index < -0.39 is 0 Å². The van der Waals surface area contributed by atoms with Crippen molar-refractivity contribution in [2.45, 2.75) is 10.8 Å². The van der Waals surface area contributed by atoms with Gasteiger partial charge < -0.3 is 0 Å². The first-order valence-electron chi connectivity index (χ1n) is 4.06. The highest BCUT2D eigenvalue weighted by Crippen LogP contribution is 2.38. The van der Waals surface area contributed by atoms with Crippen molar-refractivity contribution >= 4 is 56.4 Å². The number of benzene rings is 1. The normalized spacial score (nSPS) is 11.1. The Morgan fingerprint density at radius 2 is 2.29 bits per heavy atom. The van der Waals surface area contributed by atoms with Crippen LogP contribution in [0.1, 0.15) is 5.56 Å². The van der Waals surface area contributed by atoms with E-state index in [1.165, 1.54) is 10.3 Å². The van der Waals surface area contributed by atoms with Crippen LogP contribution in [0, 0.1) is 0 Å². The predicted octanol–water partition coefficient (Wildman–Crippen LogP) is 5.02. The second-order valence-electron chi connectivity index (χ2n) is 2.85. The van der Waals surface area contributed by atoms with Gasteiger partial charge in [0.15, 0.2) is 0 Å². The van der Waals surface area contributed by atoms with Crippen LogP contribution in [0.4, 0.5) is 0 Å². The monoisotopic (exact) mass is 262 g/mol. The number of halogens is 2. The number of fused-ring (bicyclic) bond motifs is 1. The Bertz CT molecular complexity index is 462. The maximum Gasteiger partial charge on any atom is 0.0629 e. The Balaban J connectivity index is 2.80. The number of thioether (sulfide) groups is 1. The number of hydrogen-bond donors (Lipinski definition) is 0. The summed E-state index contributed by atoms with van der Waals surface area (Å²) in [7, 11) is 0. The van der Waals surface area contributed by atoms with Gasteiger partial charge in [0.1, 0.15) is 0 Å². The molecule has 0 spiro atoms. The third kappa shape index (κ3) is 1.65. The minimum Gasteiger partial charge on any atom is -0.142 e. The number of hydrogen-bond acceptors (Lipinski definition) is 2. The molecule has 0 radical (unpaired) electrons. The molecule has 0 bridgehead atoms. The quantitative estimate of drug-likeness (QED) is 0.541. The summed E-state index contributed by atoms with van der Waals surface area (Å²) in [5.74, 6) is 0.472. The van der Waals surface area contributed by atoms with Gasteiger partial charge in [0, 0.05) is 16.2 Å². The van der Waals surface area contributed by atoms with Crippen LogP contribution in [0.3, 0.4) is 0 Å². The molecule has 2 rings (SSSR count). The van der Waals surface area contributed by atoms with Gasteiger partial charge >= 0.3 is 0 Å². The zero-order chi connectivity index (χ0) is 10.1. The van der Waals surface area contributed by atoms with E-state index in [1.807, 2.05) is 0 Å². The lowest BCUT2D eigenvalue weighted by Crippen LogP contribution is -1.82. The second-order valence-corrected chi connectivity index (χ2v) is 5.26. The molecule has 14 heavy (non-hydrogen) atoms. The van der Waals surface area contributed by atoms with Crippen LogP contribution in [0.25, 0.3) is 10.1 Å². The van der Waals surface area contributed by atoms with Crippen molar-refractivity contribution < 1.29 is 0 Å². The lowest BCUT2D eigenvalue weighted by atomic mass is 10.2. The molecule has 0 saturated carbocycles. The van der Waals surface area contributed by atoms with Crippen LogP contribution in [0.15, 0.2) is 22.4 Å². The highest BCUT2D eigenvalue weighted by molar-refractivity contribution is 7.98. The molecule has 0 atom stereocenters. The van der Waals surface area contributed by atoms with Gasteiger partial charge in [-0.25, -0.2) is 0 Å². The van der Waals surface area contributed by atoms with Crippen LogP contribution in [-0.2, 0) is 5.88 Å². The summed E-state index contributed by atoms with van der Waals surface area (Å²) in [6.45, 7) is 0. The van der Waals surface area contributed by atoms with Crippen molar-refractivity contribution in [2.75, 3.05) is 6.26 Å². The van der Waals surface area contributed by atoms with Gasteiger partial charge in [-0.05, 0) is 29.3 Å². The molecule has 0 aliphatic heterocycles. The number of rotatable bonds is 2. The SMILES string of the molecule is CSc1cc(CCl)c(Cl)c2sccc12. The van der Waals surface area contributed by atoms with Gasteiger partial charge in [0.2, 0.25) is 0 Å². The molecule has 0 fully saturated rings. The van der Waals surface area contributed by atoms with E-state index in [4.69, 9.17) is 23.2 Å². The molecule has 4 heteroatoms. The summed E-state index contributed by atoms with van der Waals surface area (Å²) < 4.78 is 1.15. The van der Waals surface area contributed by atoms with E-state index in [0.29, 0.717) is 5.88 Å². The summed E-state index contributed by atoms with van der Waals surface area (Å²) in [6, 6.07) is 4.19. The summed E-state index contributed by atoms with van der Waals surface area (Å²) in [5.41, 5.74) is 1.02. The molecule has 0 unspecified atom stereocenters. The topological polar surface area (TPSA) is 0 Å². The maximum atomic E-state index is 6.23. The average Bonchev–Trinajstić information content (AvgIpc) is 2.68. The van der Waals surface area contributed by atoms with E-state index in [1.54, 1.807) is 23.1 Å². The van der Waals surface area contributed by atoms with Gasteiger partial charge in [-0.1, -0.05) is 11.6 Å². The van der Waals surface area contributed by atoms with E-state index in [9.17, 15) is 0 Å². The van der Waals surface area contributed by atoms with Crippen molar-refractivity contribution in [3.8, 4) is 0 Å². The molecule has 0 nitrogen and oxygen atoms in total. The van der Waals surface area contributed by atoms with Crippen molar-refractivity contribution in [2.24, 2.45) is 0 Å². The highest BCUT2D eigenvalue weighted by Gasteiger charge is 2.10. The fourth-order valence-corrected chi connectivity index (χ4v) is 3.62. The predicted molar refractivity (Wildman–Crippen MR) is 68.2 cm³/mol. The van der Waals surface area contributed by atoms with E-state index in [2.05, 4.69) is 23.8 Å². The number of thiophene rings is 1. The Hall–Kier alpha value is 0.110. The van der Waals surface area contributed by atoms with Crippen LogP contribution in [-0.4, -0.2) is 6.26 Å². The smallest absolute Gasteiger partial charge is 0.0629 e. The van der Waals surface area contributed by atoms with E-state index in [-0.39, 0.29) is 0 Å². The Morgan fingerprint density at radius 1 is 1.50 bits per heavy atom. The van der Waals surface area contributed by atoms with Crippen LogP contribution < -0.4 is 0 Å². The fraction of sp³-hybridized carbons (Fsp3) is 0.200. The summed E-state index contributed by atoms with van der Waals surface area (Å²) in [6.07, 6.45) is 2.07. The van der Waals surface area contributed by atoms with Gasteiger partial charge in [-0.3, -0.25) is 0 Å². The minimum absolute atomic E-state index is 0.472. The lowest BCUT2D eigenvalue weighted by Gasteiger charge is -2.05. The zero-order valence-electron chi connectivity index (χ0n) is 7.51. The first kappa shape index (κ1) is 10.6. The molecular formula is C10H8Cl2S2. The van der Waals surface area contributed by atoms with Gasteiger partial charge in [-0.15, -0.1) is 34.7 Å². The standard InChI is InChI=1S/C10H8Cl2S2/c1-13-8-4-6(5-11)9(12)10-7(8)2-3-14-10/h2-4H,5H2,1H3. The van der Waals surface area contributed by atoms with Gasteiger partial charge in [-0.2, -0.15) is 0 Å². The third-order valence-electron chi connectivity index (χ3n) is 2.08. The van der Waals surface area contributed by atoms with E-state index in [0.717, 1.165) is 15.3 Å².